The molecule has 2 aromatic rings. The van der Waals surface area contributed by atoms with Crippen LogP contribution < -0.4 is 14.8 Å². The lowest BCUT2D eigenvalue weighted by Gasteiger charge is -2.15. The summed E-state index contributed by atoms with van der Waals surface area (Å²) in [5.74, 6) is 0.0525. The average molecular weight is 371 g/mol. The Morgan fingerprint density at radius 1 is 1.07 bits per heavy atom. The quantitative estimate of drug-likeness (QED) is 0.686. The summed E-state index contributed by atoms with van der Waals surface area (Å²) in [5.41, 5.74) is 1.42. The van der Waals surface area contributed by atoms with Crippen LogP contribution in [0.1, 0.15) is 29.8 Å². The number of carbonyl (C=O) groups is 2. The Morgan fingerprint density at radius 2 is 1.81 bits per heavy atom. The van der Waals surface area contributed by atoms with E-state index in [1.54, 1.807) is 25.1 Å². The zero-order valence-corrected chi connectivity index (χ0v) is 15.9. The second-order valence-corrected chi connectivity index (χ2v) is 5.87. The van der Waals surface area contributed by atoms with Gasteiger partial charge in [0.05, 0.1) is 19.3 Å². The van der Waals surface area contributed by atoms with E-state index in [9.17, 15) is 9.59 Å². The summed E-state index contributed by atoms with van der Waals surface area (Å²) in [4.78, 5) is 24.4. The van der Waals surface area contributed by atoms with Crippen LogP contribution in [0.4, 0.5) is 0 Å². The molecule has 144 valence electrons. The summed E-state index contributed by atoms with van der Waals surface area (Å²) >= 11 is 0. The van der Waals surface area contributed by atoms with Gasteiger partial charge in [0, 0.05) is 6.54 Å². The van der Waals surface area contributed by atoms with Crippen LogP contribution in [0.5, 0.6) is 11.5 Å². The van der Waals surface area contributed by atoms with Crippen molar-refractivity contribution in [2.75, 3.05) is 20.3 Å². The summed E-state index contributed by atoms with van der Waals surface area (Å²) in [7, 11) is 1.53. The van der Waals surface area contributed by atoms with E-state index in [1.165, 1.54) is 7.11 Å². The molecule has 2 aromatic carbocycles. The molecule has 1 amide bonds. The number of hydrogen-bond acceptors (Lipinski definition) is 5. The summed E-state index contributed by atoms with van der Waals surface area (Å²) in [5, 5.41) is 2.78. The molecule has 0 aliphatic heterocycles. The molecule has 0 heterocycles. The van der Waals surface area contributed by atoms with Crippen LogP contribution in [0.3, 0.4) is 0 Å². The van der Waals surface area contributed by atoms with Crippen molar-refractivity contribution < 1.29 is 23.8 Å². The van der Waals surface area contributed by atoms with Crippen LogP contribution in [0.15, 0.2) is 48.5 Å². The van der Waals surface area contributed by atoms with E-state index in [4.69, 9.17) is 14.2 Å². The number of methoxy groups -OCH3 is 1. The molecule has 0 unspecified atom stereocenters. The molecule has 0 fully saturated rings. The van der Waals surface area contributed by atoms with Crippen LogP contribution >= 0.6 is 0 Å². The Morgan fingerprint density at radius 3 is 2.48 bits per heavy atom. The molecule has 1 N–H and O–H groups in total. The molecule has 6 nitrogen and oxygen atoms in total. The van der Waals surface area contributed by atoms with Gasteiger partial charge in [-0.1, -0.05) is 30.3 Å². The molecule has 0 aliphatic rings. The van der Waals surface area contributed by atoms with Crippen molar-refractivity contribution in [1.29, 1.82) is 0 Å². The van der Waals surface area contributed by atoms with Crippen LogP contribution in [0.2, 0.25) is 0 Å². The highest BCUT2D eigenvalue weighted by Crippen LogP contribution is 2.28. The van der Waals surface area contributed by atoms with Crippen LogP contribution in [0.25, 0.3) is 0 Å². The molecule has 0 spiro atoms. The van der Waals surface area contributed by atoms with Gasteiger partial charge in [0.15, 0.2) is 17.6 Å². The maximum absolute atomic E-state index is 12.3. The SMILES string of the molecule is CCOc1cc(C(=O)O[C@@H](C)C(=O)NCCc2ccccc2)ccc1OC. The third kappa shape index (κ3) is 6.02. The van der Waals surface area contributed by atoms with Crippen molar-refractivity contribution in [3.63, 3.8) is 0 Å². The first-order chi connectivity index (χ1) is 13.0. The van der Waals surface area contributed by atoms with E-state index < -0.39 is 12.1 Å². The maximum Gasteiger partial charge on any atom is 0.339 e. The lowest BCUT2D eigenvalue weighted by atomic mass is 10.1. The first-order valence-corrected chi connectivity index (χ1v) is 8.88. The standard InChI is InChI=1S/C21H25NO5/c1-4-26-19-14-17(10-11-18(19)25-3)21(24)27-15(2)20(23)22-13-12-16-8-6-5-7-9-16/h5-11,14-15H,4,12-13H2,1-3H3,(H,22,23)/t15-/m0/s1. The fourth-order valence-corrected chi connectivity index (χ4v) is 2.47. The Bertz CT molecular complexity index is 760. The second kappa shape index (κ2) is 10.2. The smallest absolute Gasteiger partial charge is 0.339 e. The summed E-state index contributed by atoms with van der Waals surface area (Å²) in [6.07, 6.45) is -0.186. The Hall–Kier alpha value is -3.02. The molecular weight excluding hydrogens is 346 g/mol. The largest absolute Gasteiger partial charge is 0.493 e. The van der Waals surface area contributed by atoms with E-state index in [0.717, 1.165) is 5.56 Å². The Labute approximate surface area is 159 Å². The monoisotopic (exact) mass is 371 g/mol. The van der Waals surface area contributed by atoms with Crippen molar-refractivity contribution in [2.24, 2.45) is 0 Å². The molecule has 0 saturated carbocycles. The van der Waals surface area contributed by atoms with E-state index in [2.05, 4.69) is 5.32 Å². The highest BCUT2D eigenvalue weighted by Gasteiger charge is 2.19. The summed E-state index contributed by atoms with van der Waals surface area (Å²) in [6.45, 7) is 4.30. The Kier molecular flexibility index (Phi) is 7.67. The van der Waals surface area contributed by atoms with Crippen molar-refractivity contribution in [3.05, 3.63) is 59.7 Å². The normalized spacial score (nSPS) is 11.4. The second-order valence-electron chi connectivity index (χ2n) is 5.87. The van der Waals surface area contributed by atoms with Crippen molar-refractivity contribution >= 4 is 11.9 Å². The number of esters is 1. The minimum atomic E-state index is -0.897. The number of ether oxygens (including phenoxy) is 3. The molecule has 0 saturated heterocycles. The zero-order chi connectivity index (χ0) is 19.6. The zero-order valence-electron chi connectivity index (χ0n) is 15.9. The topological polar surface area (TPSA) is 73.9 Å². The Balaban J connectivity index is 1.88. The highest BCUT2D eigenvalue weighted by molar-refractivity contribution is 5.92. The van der Waals surface area contributed by atoms with Gasteiger partial charge < -0.3 is 19.5 Å². The molecule has 6 heteroatoms. The third-order valence-corrected chi connectivity index (χ3v) is 3.91. The van der Waals surface area contributed by atoms with Gasteiger partial charge in [0.1, 0.15) is 0 Å². The fraction of sp³-hybridized carbons (Fsp3) is 0.333. The predicted molar refractivity (Wildman–Crippen MR) is 102 cm³/mol. The van der Waals surface area contributed by atoms with Crippen LogP contribution in [-0.2, 0) is 16.0 Å². The van der Waals surface area contributed by atoms with Crippen molar-refractivity contribution in [1.82, 2.24) is 5.32 Å². The van der Waals surface area contributed by atoms with Gasteiger partial charge in [-0.15, -0.1) is 0 Å². The average Bonchev–Trinajstić information content (AvgIpc) is 2.68. The third-order valence-electron chi connectivity index (χ3n) is 3.91. The first-order valence-electron chi connectivity index (χ1n) is 8.88. The van der Waals surface area contributed by atoms with E-state index in [0.29, 0.717) is 36.6 Å². The number of amides is 1. The number of rotatable bonds is 9. The number of nitrogens with one attached hydrogen (secondary N) is 1. The van der Waals surface area contributed by atoms with Crippen molar-refractivity contribution in [2.45, 2.75) is 26.4 Å². The number of hydrogen-bond donors (Lipinski definition) is 1. The molecule has 0 radical (unpaired) electrons. The first kappa shape index (κ1) is 20.3. The highest BCUT2D eigenvalue weighted by atomic mass is 16.5. The van der Waals surface area contributed by atoms with Gasteiger partial charge in [-0.05, 0) is 44.0 Å². The van der Waals surface area contributed by atoms with Gasteiger partial charge >= 0.3 is 5.97 Å². The maximum atomic E-state index is 12.3. The molecular formula is C21H25NO5. The summed E-state index contributed by atoms with van der Waals surface area (Å²) in [6, 6.07) is 14.6. The van der Waals surface area contributed by atoms with E-state index >= 15 is 0 Å². The van der Waals surface area contributed by atoms with Gasteiger partial charge in [0.2, 0.25) is 0 Å². The minimum absolute atomic E-state index is 0.295. The van der Waals surface area contributed by atoms with Gasteiger partial charge in [-0.25, -0.2) is 4.79 Å². The van der Waals surface area contributed by atoms with E-state index in [1.807, 2.05) is 37.3 Å². The molecule has 0 bridgehead atoms. The molecule has 2 rings (SSSR count). The fourth-order valence-electron chi connectivity index (χ4n) is 2.47. The van der Waals surface area contributed by atoms with Crippen molar-refractivity contribution in [3.8, 4) is 11.5 Å². The van der Waals surface area contributed by atoms with Crippen LogP contribution in [-0.4, -0.2) is 38.2 Å². The van der Waals surface area contributed by atoms with Crippen LogP contribution in [0, 0.1) is 0 Å². The van der Waals surface area contributed by atoms with Gasteiger partial charge in [0.25, 0.3) is 5.91 Å². The lowest BCUT2D eigenvalue weighted by molar-refractivity contribution is -0.129. The van der Waals surface area contributed by atoms with Gasteiger partial charge in [-0.3, -0.25) is 4.79 Å². The predicted octanol–water partition coefficient (Wildman–Crippen LogP) is 3.00. The van der Waals surface area contributed by atoms with E-state index in [-0.39, 0.29) is 5.91 Å². The molecule has 0 aromatic heterocycles. The molecule has 27 heavy (non-hydrogen) atoms. The summed E-state index contributed by atoms with van der Waals surface area (Å²) < 4.78 is 15.9. The lowest BCUT2D eigenvalue weighted by Crippen LogP contribution is -2.36. The number of carbonyl (C=O) groups excluding carboxylic acids is 2. The molecule has 1 atom stereocenters. The van der Waals surface area contributed by atoms with Gasteiger partial charge in [-0.2, -0.15) is 0 Å². The minimum Gasteiger partial charge on any atom is -0.493 e. The number of benzene rings is 2. The molecule has 0 aliphatic carbocycles.